The lowest BCUT2D eigenvalue weighted by molar-refractivity contribution is 0.0997. The summed E-state index contributed by atoms with van der Waals surface area (Å²) in [6.45, 7) is 1.76. The summed E-state index contributed by atoms with van der Waals surface area (Å²) in [5.41, 5.74) is 5.79. The number of carbonyl (C=O) groups excluding carboxylic acids is 1. The molecule has 1 saturated heterocycles. The van der Waals surface area contributed by atoms with Gasteiger partial charge in [0, 0.05) is 19.6 Å². The van der Waals surface area contributed by atoms with Crippen LogP contribution in [0.3, 0.4) is 0 Å². The molecule has 1 aromatic carbocycles. The molecule has 1 aromatic rings. The summed E-state index contributed by atoms with van der Waals surface area (Å²) in [5, 5.41) is 3.43. The van der Waals surface area contributed by atoms with Gasteiger partial charge in [-0.1, -0.05) is 12.5 Å². The van der Waals surface area contributed by atoms with Crippen LogP contribution in [0.5, 0.6) is 0 Å². The quantitative estimate of drug-likeness (QED) is 0.867. The first-order valence-corrected chi connectivity index (χ1v) is 6.62. The van der Waals surface area contributed by atoms with Crippen molar-refractivity contribution in [2.24, 2.45) is 5.73 Å². The van der Waals surface area contributed by atoms with Crippen LogP contribution in [-0.4, -0.2) is 32.1 Å². The van der Waals surface area contributed by atoms with E-state index in [1.54, 1.807) is 12.1 Å². The highest BCUT2D eigenvalue weighted by atomic mass is 19.1. The largest absolute Gasteiger partial charge is 0.372 e. The molecule has 19 heavy (non-hydrogen) atoms. The Morgan fingerprint density at radius 3 is 2.95 bits per heavy atom. The molecular weight excluding hydrogens is 245 g/mol. The van der Waals surface area contributed by atoms with Crippen molar-refractivity contribution in [2.75, 3.05) is 25.0 Å². The lowest BCUT2D eigenvalue weighted by atomic mass is 10.0. The molecule has 1 unspecified atom stereocenters. The first kappa shape index (κ1) is 13.8. The maximum absolute atomic E-state index is 13.7. The summed E-state index contributed by atoms with van der Waals surface area (Å²) < 4.78 is 13.7. The molecular formula is C14H20FN3O. The van der Waals surface area contributed by atoms with Crippen LogP contribution in [0.4, 0.5) is 10.1 Å². The zero-order chi connectivity index (χ0) is 13.8. The number of likely N-dealkylation sites (N-methyl/N-ethyl adjacent to an activating group) is 1. The molecule has 0 spiro atoms. The number of amides is 1. The number of hydrogen-bond acceptors (Lipinski definition) is 3. The molecule has 4 nitrogen and oxygen atoms in total. The van der Waals surface area contributed by atoms with Gasteiger partial charge < -0.3 is 16.0 Å². The van der Waals surface area contributed by atoms with Crippen molar-refractivity contribution in [2.45, 2.75) is 25.3 Å². The van der Waals surface area contributed by atoms with E-state index in [4.69, 9.17) is 5.73 Å². The fourth-order valence-corrected chi connectivity index (χ4v) is 2.58. The molecule has 2 rings (SSSR count). The minimum atomic E-state index is -0.725. The van der Waals surface area contributed by atoms with Crippen LogP contribution in [-0.2, 0) is 0 Å². The van der Waals surface area contributed by atoms with Gasteiger partial charge in [0.2, 0.25) is 0 Å². The van der Waals surface area contributed by atoms with Gasteiger partial charge >= 0.3 is 0 Å². The van der Waals surface area contributed by atoms with Crippen LogP contribution < -0.4 is 16.0 Å². The Hall–Kier alpha value is -1.62. The Morgan fingerprint density at radius 1 is 1.53 bits per heavy atom. The fraction of sp³-hybridized carbons (Fsp3) is 0.500. The number of nitrogens with two attached hydrogens (primary N) is 1. The van der Waals surface area contributed by atoms with Crippen LogP contribution in [0.2, 0.25) is 0 Å². The SMILES string of the molecule is CN(CC1CCCCN1)c1cccc(F)c1C(N)=O. The third-order valence-corrected chi connectivity index (χ3v) is 3.56. The molecule has 1 heterocycles. The van der Waals surface area contributed by atoms with Gasteiger partial charge in [0.05, 0.1) is 11.3 Å². The van der Waals surface area contributed by atoms with Gasteiger partial charge in [-0.25, -0.2) is 4.39 Å². The number of anilines is 1. The summed E-state index contributed by atoms with van der Waals surface area (Å²) in [6, 6.07) is 4.97. The molecule has 5 heteroatoms. The van der Waals surface area contributed by atoms with Crippen molar-refractivity contribution >= 4 is 11.6 Å². The Balaban J connectivity index is 2.16. The molecule has 1 atom stereocenters. The second-order valence-corrected chi connectivity index (χ2v) is 5.03. The molecule has 1 fully saturated rings. The van der Waals surface area contributed by atoms with Crippen LogP contribution in [0.15, 0.2) is 18.2 Å². The summed E-state index contributed by atoms with van der Waals surface area (Å²) in [6.07, 6.45) is 3.51. The number of nitrogens with one attached hydrogen (secondary N) is 1. The minimum Gasteiger partial charge on any atom is -0.372 e. The van der Waals surface area contributed by atoms with Gasteiger partial charge in [-0.2, -0.15) is 0 Å². The van der Waals surface area contributed by atoms with E-state index in [1.807, 2.05) is 11.9 Å². The average molecular weight is 265 g/mol. The Kier molecular flexibility index (Phi) is 4.37. The Bertz CT molecular complexity index is 458. The van der Waals surface area contributed by atoms with Gasteiger partial charge in [-0.15, -0.1) is 0 Å². The van der Waals surface area contributed by atoms with E-state index in [9.17, 15) is 9.18 Å². The zero-order valence-corrected chi connectivity index (χ0v) is 11.2. The van der Waals surface area contributed by atoms with E-state index in [1.165, 1.54) is 18.9 Å². The van der Waals surface area contributed by atoms with E-state index in [0.29, 0.717) is 11.7 Å². The van der Waals surface area contributed by atoms with E-state index >= 15 is 0 Å². The smallest absolute Gasteiger partial charge is 0.253 e. The molecule has 0 aromatic heterocycles. The predicted molar refractivity (Wildman–Crippen MR) is 73.8 cm³/mol. The molecule has 1 amide bonds. The Labute approximate surface area is 112 Å². The normalized spacial score (nSPS) is 19.2. The lowest BCUT2D eigenvalue weighted by Crippen LogP contribution is -2.43. The first-order valence-electron chi connectivity index (χ1n) is 6.62. The fourth-order valence-electron chi connectivity index (χ4n) is 2.58. The van der Waals surface area contributed by atoms with Crippen molar-refractivity contribution in [3.8, 4) is 0 Å². The van der Waals surface area contributed by atoms with Crippen molar-refractivity contribution in [3.63, 3.8) is 0 Å². The lowest BCUT2D eigenvalue weighted by Gasteiger charge is -2.30. The highest BCUT2D eigenvalue weighted by Gasteiger charge is 2.20. The second kappa shape index (κ2) is 6.02. The van der Waals surface area contributed by atoms with Gasteiger partial charge in [0.1, 0.15) is 5.82 Å². The zero-order valence-electron chi connectivity index (χ0n) is 11.2. The average Bonchev–Trinajstić information content (AvgIpc) is 2.39. The monoisotopic (exact) mass is 265 g/mol. The maximum atomic E-state index is 13.7. The number of halogens is 1. The maximum Gasteiger partial charge on any atom is 0.253 e. The van der Waals surface area contributed by atoms with E-state index in [0.717, 1.165) is 19.5 Å². The molecule has 1 aliphatic rings. The van der Waals surface area contributed by atoms with Crippen molar-refractivity contribution < 1.29 is 9.18 Å². The summed E-state index contributed by atoms with van der Waals surface area (Å²) in [5.74, 6) is -1.29. The standard InChI is InChI=1S/C14H20FN3O/c1-18(9-10-5-2-3-8-17-10)12-7-4-6-11(15)13(12)14(16)19/h4,6-7,10,17H,2-3,5,8-9H2,1H3,(H2,16,19). The number of hydrogen-bond donors (Lipinski definition) is 2. The molecule has 0 aliphatic carbocycles. The molecule has 104 valence electrons. The van der Waals surface area contributed by atoms with E-state index in [2.05, 4.69) is 5.32 Å². The summed E-state index contributed by atoms with van der Waals surface area (Å²) >= 11 is 0. The number of primary amides is 1. The Morgan fingerprint density at radius 2 is 2.32 bits per heavy atom. The molecule has 0 radical (unpaired) electrons. The highest BCUT2D eigenvalue weighted by molar-refractivity contribution is 5.98. The second-order valence-electron chi connectivity index (χ2n) is 5.03. The van der Waals surface area contributed by atoms with E-state index in [-0.39, 0.29) is 5.56 Å². The predicted octanol–water partition coefficient (Wildman–Crippen LogP) is 1.50. The molecule has 0 bridgehead atoms. The summed E-state index contributed by atoms with van der Waals surface area (Å²) in [4.78, 5) is 13.3. The number of benzene rings is 1. The highest BCUT2D eigenvalue weighted by Crippen LogP contribution is 2.22. The molecule has 1 aliphatic heterocycles. The van der Waals surface area contributed by atoms with Gasteiger partial charge in [0.15, 0.2) is 0 Å². The first-order chi connectivity index (χ1) is 9.09. The summed E-state index contributed by atoms with van der Waals surface area (Å²) in [7, 11) is 1.86. The van der Waals surface area contributed by atoms with Crippen molar-refractivity contribution in [1.82, 2.24) is 5.32 Å². The van der Waals surface area contributed by atoms with Crippen LogP contribution >= 0.6 is 0 Å². The molecule has 3 N–H and O–H groups in total. The van der Waals surface area contributed by atoms with Gasteiger partial charge in [-0.05, 0) is 31.5 Å². The number of carbonyl (C=O) groups is 1. The third kappa shape index (κ3) is 3.23. The topological polar surface area (TPSA) is 58.4 Å². The number of piperidine rings is 1. The minimum absolute atomic E-state index is 0.0270. The van der Waals surface area contributed by atoms with E-state index < -0.39 is 11.7 Å². The van der Waals surface area contributed by atoms with Crippen LogP contribution in [0, 0.1) is 5.82 Å². The number of rotatable bonds is 4. The van der Waals surface area contributed by atoms with Crippen molar-refractivity contribution in [1.29, 1.82) is 0 Å². The van der Waals surface area contributed by atoms with Gasteiger partial charge in [-0.3, -0.25) is 4.79 Å². The van der Waals surface area contributed by atoms with Crippen LogP contribution in [0.1, 0.15) is 29.6 Å². The third-order valence-electron chi connectivity index (χ3n) is 3.56. The number of nitrogens with zero attached hydrogens (tertiary/aromatic N) is 1. The molecule has 0 saturated carbocycles. The van der Waals surface area contributed by atoms with Crippen LogP contribution in [0.25, 0.3) is 0 Å². The van der Waals surface area contributed by atoms with Crippen molar-refractivity contribution in [3.05, 3.63) is 29.6 Å². The van der Waals surface area contributed by atoms with Gasteiger partial charge in [0.25, 0.3) is 5.91 Å².